The molecule has 1 N–H and O–H groups in total. The van der Waals surface area contributed by atoms with Gasteiger partial charge in [0.1, 0.15) is 12.4 Å². The van der Waals surface area contributed by atoms with Crippen molar-refractivity contribution in [3.8, 4) is 5.75 Å². The molecule has 2 rings (SSSR count). The van der Waals surface area contributed by atoms with Gasteiger partial charge in [-0.2, -0.15) is 0 Å². The molecule has 1 aliphatic rings. The fourth-order valence-electron chi connectivity index (χ4n) is 3.74. The summed E-state index contributed by atoms with van der Waals surface area (Å²) in [5.74, 6) is 1.40. The fourth-order valence-corrected chi connectivity index (χ4v) is 4.65. The van der Waals surface area contributed by atoms with Crippen molar-refractivity contribution in [2.24, 2.45) is 11.3 Å². The second-order valence-electron chi connectivity index (χ2n) is 8.42. The summed E-state index contributed by atoms with van der Waals surface area (Å²) in [7, 11) is -0.330. The van der Waals surface area contributed by atoms with Crippen LogP contribution >= 0.6 is 0 Å². The molecule has 0 saturated heterocycles. The molecule has 1 aromatic rings. The number of ether oxygens (including phenoxy) is 1. The lowest BCUT2D eigenvalue weighted by molar-refractivity contribution is 0.127. The zero-order valence-corrected chi connectivity index (χ0v) is 17.6. The highest BCUT2D eigenvalue weighted by atomic mass is 32.2. The lowest BCUT2D eigenvalue weighted by Crippen LogP contribution is -2.45. The summed E-state index contributed by atoms with van der Waals surface area (Å²) in [5, 5.41) is 3.67. The van der Waals surface area contributed by atoms with Crippen molar-refractivity contribution >= 4 is 10.0 Å². The van der Waals surface area contributed by atoms with Crippen LogP contribution in [0.2, 0.25) is 0 Å². The van der Waals surface area contributed by atoms with Crippen molar-refractivity contribution in [1.82, 2.24) is 9.62 Å². The van der Waals surface area contributed by atoms with Crippen LogP contribution in [-0.4, -0.2) is 46.0 Å². The molecule has 1 aromatic carbocycles. The van der Waals surface area contributed by atoms with Crippen LogP contribution in [-0.2, 0) is 10.0 Å². The smallest absolute Gasteiger partial charge is 0.242 e. The first-order valence-electron chi connectivity index (χ1n) is 9.51. The number of hydrogen-bond acceptors (Lipinski definition) is 4. The van der Waals surface area contributed by atoms with E-state index in [1.165, 1.54) is 44.1 Å². The van der Waals surface area contributed by atoms with Gasteiger partial charge in [0.2, 0.25) is 10.0 Å². The first kappa shape index (κ1) is 21.2. The van der Waals surface area contributed by atoms with Crippen LogP contribution in [0.3, 0.4) is 0 Å². The average molecular weight is 383 g/mol. The van der Waals surface area contributed by atoms with Gasteiger partial charge in [-0.3, -0.25) is 0 Å². The van der Waals surface area contributed by atoms with Gasteiger partial charge in [-0.15, -0.1) is 0 Å². The van der Waals surface area contributed by atoms with E-state index in [9.17, 15) is 8.42 Å². The van der Waals surface area contributed by atoms with Crippen LogP contribution in [0.1, 0.15) is 46.5 Å². The van der Waals surface area contributed by atoms with E-state index in [0.29, 0.717) is 29.7 Å². The fraction of sp³-hybridized carbons (Fsp3) is 0.700. The summed E-state index contributed by atoms with van der Waals surface area (Å²) in [4.78, 5) is 0.281. The highest BCUT2D eigenvalue weighted by Crippen LogP contribution is 2.37. The summed E-state index contributed by atoms with van der Waals surface area (Å²) in [6.07, 6.45) is 5.16. The summed E-state index contributed by atoms with van der Waals surface area (Å²) in [6.45, 7) is 8.37. The number of benzene rings is 1. The molecule has 2 unspecified atom stereocenters. The van der Waals surface area contributed by atoms with E-state index in [2.05, 4.69) is 26.1 Å². The van der Waals surface area contributed by atoms with E-state index in [1.807, 2.05) is 0 Å². The van der Waals surface area contributed by atoms with Gasteiger partial charge in [0, 0.05) is 26.7 Å². The summed E-state index contributed by atoms with van der Waals surface area (Å²) in [6, 6.07) is 7.17. The van der Waals surface area contributed by atoms with Crippen LogP contribution in [0.4, 0.5) is 0 Å². The van der Waals surface area contributed by atoms with Crippen molar-refractivity contribution in [3.63, 3.8) is 0 Å². The van der Waals surface area contributed by atoms with E-state index in [4.69, 9.17) is 4.74 Å². The Balaban J connectivity index is 1.83. The van der Waals surface area contributed by atoms with Gasteiger partial charge in [0.15, 0.2) is 0 Å². The summed E-state index contributed by atoms with van der Waals surface area (Å²) < 4.78 is 31.1. The van der Waals surface area contributed by atoms with Gasteiger partial charge in [-0.1, -0.05) is 33.6 Å². The van der Waals surface area contributed by atoms with Crippen molar-refractivity contribution in [2.45, 2.75) is 57.4 Å². The Hall–Kier alpha value is -1.11. The second kappa shape index (κ2) is 8.72. The summed E-state index contributed by atoms with van der Waals surface area (Å²) in [5.41, 5.74) is 0.326. The van der Waals surface area contributed by atoms with E-state index in [0.717, 1.165) is 6.54 Å². The maximum atomic E-state index is 12.1. The number of nitrogens with one attached hydrogen (secondary N) is 1. The molecule has 0 amide bonds. The van der Waals surface area contributed by atoms with Gasteiger partial charge in [0.05, 0.1) is 4.90 Å². The Morgan fingerprint density at radius 1 is 1.12 bits per heavy atom. The molecule has 0 spiro atoms. The van der Waals surface area contributed by atoms with Gasteiger partial charge >= 0.3 is 0 Å². The Morgan fingerprint density at radius 3 is 2.31 bits per heavy atom. The maximum Gasteiger partial charge on any atom is 0.242 e. The number of sulfonamides is 1. The molecule has 148 valence electrons. The minimum Gasteiger partial charge on any atom is -0.492 e. The van der Waals surface area contributed by atoms with Crippen LogP contribution in [0.25, 0.3) is 0 Å². The standard InChI is InChI=1S/C20H34N2O3S/c1-20(2,3)18-8-6-7-9-19(18)21-14-15-25-16-10-12-17(13-11-16)26(23,24)22(4)5/h10-13,18-19,21H,6-9,14-15H2,1-5H3. The number of nitrogens with zero attached hydrogens (tertiary/aromatic N) is 1. The molecular weight excluding hydrogens is 348 g/mol. The molecule has 2 atom stereocenters. The Labute approximate surface area is 159 Å². The third-order valence-electron chi connectivity index (χ3n) is 5.26. The van der Waals surface area contributed by atoms with Crippen molar-refractivity contribution in [3.05, 3.63) is 24.3 Å². The highest BCUT2D eigenvalue weighted by molar-refractivity contribution is 7.89. The highest BCUT2D eigenvalue weighted by Gasteiger charge is 2.33. The molecule has 5 nitrogen and oxygen atoms in total. The molecule has 0 aromatic heterocycles. The molecular formula is C20H34N2O3S. The van der Waals surface area contributed by atoms with Crippen molar-refractivity contribution in [2.75, 3.05) is 27.2 Å². The molecule has 6 heteroatoms. The van der Waals surface area contributed by atoms with Crippen LogP contribution in [0.5, 0.6) is 5.75 Å². The van der Waals surface area contributed by atoms with Gasteiger partial charge in [0.25, 0.3) is 0 Å². The normalized spacial score (nSPS) is 21.8. The quantitative estimate of drug-likeness (QED) is 0.733. The van der Waals surface area contributed by atoms with E-state index in [-0.39, 0.29) is 4.90 Å². The van der Waals surface area contributed by atoms with Crippen LogP contribution in [0, 0.1) is 11.3 Å². The first-order chi connectivity index (χ1) is 12.1. The van der Waals surface area contributed by atoms with Crippen molar-refractivity contribution in [1.29, 1.82) is 0 Å². The predicted molar refractivity (Wildman–Crippen MR) is 106 cm³/mol. The topological polar surface area (TPSA) is 58.6 Å². The zero-order chi connectivity index (χ0) is 19.4. The first-order valence-corrected chi connectivity index (χ1v) is 10.9. The lowest BCUT2D eigenvalue weighted by atomic mass is 9.69. The SMILES string of the molecule is CN(C)S(=O)(=O)c1ccc(OCCNC2CCCCC2C(C)(C)C)cc1. The van der Waals surface area contributed by atoms with Crippen LogP contribution < -0.4 is 10.1 Å². The molecule has 1 saturated carbocycles. The number of rotatable bonds is 7. The van der Waals surface area contributed by atoms with Crippen LogP contribution in [0.15, 0.2) is 29.2 Å². The Bertz CT molecular complexity index is 663. The predicted octanol–water partition coefficient (Wildman–Crippen LogP) is 3.51. The molecule has 0 heterocycles. The van der Waals surface area contributed by atoms with Crippen molar-refractivity contribution < 1.29 is 13.2 Å². The maximum absolute atomic E-state index is 12.1. The Morgan fingerprint density at radius 2 is 1.73 bits per heavy atom. The Kier molecular flexibility index (Phi) is 7.11. The minimum atomic E-state index is -3.39. The average Bonchev–Trinajstić information content (AvgIpc) is 2.58. The number of hydrogen-bond donors (Lipinski definition) is 1. The van der Waals surface area contributed by atoms with E-state index in [1.54, 1.807) is 24.3 Å². The molecule has 26 heavy (non-hydrogen) atoms. The van der Waals surface area contributed by atoms with Gasteiger partial charge in [-0.05, 0) is 48.4 Å². The summed E-state index contributed by atoms with van der Waals surface area (Å²) >= 11 is 0. The molecule has 0 bridgehead atoms. The van der Waals surface area contributed by atoms with Gasteiger partial charge < -0.3 is 10.1 Å². The monoisotopic (exact) mass is 382 g/mol. The zero-order valence-electron chi connectivity index (χ0n) is 16.8. The van der Waals surface area contributed by atoms with E-state index < -0.39 is 10.0 Å². The molecule has 0 aliphatic heterocycles. The molecule has 0 radical (unpaired) electrons. The van der Waals surface area contributed by atoms with Gasteiger partial charge in [-0.25, -0.2) is 12.7 Å². The molecule has 1 aliphatic carbocycles. The minimum absolute atomic E-state index is 0.281. The lowest BCUT2D eigenvalue weighted by Gasteiger charge is -2.41. The largest absolute Gasteiger partial charge is 0.492 e. The van der Waals surface area contributed by atoms with E-state index >= 15 is 0 Å². The third-order valence-corrected chi connectivity index (χ3v) is 7.09. The third kappa shape index (κ3) is 5.44. The molecule has 1 fully saturated rings. The second-order valence-corrected chi connectivity index (χ2v) is 10.6.